The highest BCUT2D eigenvalue weighted by Crippen LogP contribution is 2.52. The standard InChI is InChI=1S/C17H19NO6S.C2HF3O2/c18-3-4-25-17-14-12(22)6-9(19)7-13(14)24-16(15(17)23)8-1-2-10(20)11(21)5-8;3-2(4,5)1(6)7/h1-2,5-7,15-17,19-23H,3-4,18H2;(H,6,7)/t15-,16-,17+;/m1./s1. The number of rotatable bonds is 4. The molecular weight excluding hydrogens is 459 g/mol. The van der Waals surface area contributed by atoms with Crippen LogP contribution in [-0.2, 0) is 4.79 Å². The summed E-state index contributed by atoms with van der Waals surface area (Å²) in [5.41, 5.74) is 4.68. The van der Waals surface area contributed by atoms with Crippen molar-refractivity contribution < 1.29 is 59.1 Å². The van der Waals surface area contributed by atoms with E-state index >= 15 is 0 Å². The van der Waals surface area contributed by atoms with Gasteiger partial charge in [-0.15, -0.1) is 11.8 Å². The molecule has 1 heterocycles. The zero-order chi connectivity index (χ0) is 24.2. The highest BCUT2D eigenvalue weighted by atomic mass is 32.2. The molecule has 13 heteroatoms. The number of aliphatic hydroxyl groups is 1. The van der Waals surface area contributed by atoms with E-state index in [9.17, 15) is 38.7 Å². The van der Waals surface area contributed by atoms with Crippen LogP contribution in [0.25, 0.3) is 0 Å². The molecule has 1 aliphatic rings. The first-order valence-corrected chi connectivity index (χ1v) is 10.0. The fourth-order valence-corrected chi connectivity index (χ4v) is 4.06. The molecular formula is C19H20F3NO8S. The number of phenolic OH excluding ortho intramolecular Hbond substituents is 4. The molecule has 0 bridgehead atoms. The van der Waals surface area contributed by atoms with Gasteiger partial charge in [0.1, 0.15) is 29.3 Å². The average Bonchev–Trinajstić information content (AvgIpc) is 2.69. The fourth-order valence-electron chi connectivity index (χ4n) is 2.89. The van der Waals surface area contributed by atoms with Gasteiger partial charge in [-0.1, -0.05) is 6.07 Å². The highest BCUT2D eigenvalue weighted by Gasteiger charge is 2.40. The van der Waals surface area contributed by atoms with Gasteiger partial charge in [-0.2, -0.15) is 13.2 Å². The van der Waals surface area contributed by atoms with Crippen molar-refractivity contribution in [2.24, 2.45) is 0 Å². The van der Waals surface area contributed by atoms with E-state index in [4.69, 9.17) is 14.6 Å². The number of carboxylic acid groups (broad SMARTS) is 1. The molecule has 2 aromatic rings. The number of halogens is 3. The second-order valence-corrected chi connectivity index (χ2v) is 7.83. The SMILES string of the molecule is O=C([O-])C(F)(F)F.[NH3+]CCS[C@H]1c2c(O)cc(O)cc2O[C@H](c2ccc(O)c(O)c2)[C@H]1O. The maximum Gasteiger partial charge on any atom is 0.430 e. The van der Waals surface area contributed by atoms with Crippen LogP contribution in [0.15, 0.2) is 30.3 Å². The van der Waals surface area contributed by atoms with Gasteiger partial charge >= 0.3 is 6.18 Å². The number of carbonyl (C=O) groups is 1. The molecule has 0 saturated carbocycles. The van der Waals surface area contributed by atoms with E-state index in [0.717, 1.165) is 0 Å². The number of fused-ring (bicyclic) bond motifs is 1. The van der Waals surface area contributed by atoms with Crippen LogP contribution in [0, 0.1) is 0 Å². The number of aliphatic hydroxyl groups excluding tert-OH is 1. The van der Waals surface area contributed by atoms with Crippen molar-refractivity contribution in [3.8, 4) is 28.7 Å². The van der Waals surface area contributed by atoms with Crippen molar-refractivity contribution in [3.05, 3.63) is 41.5 Å². The smallest absolute Gasteiger partial charge is 0.430 e. The number of hydrogen-bond donors (Lipinski definition) is 6. The van der Waals surface area contributed by atoms with Crippen molar-refractivity contribution in [1.29, 1.82) is 0 Å². The maximum absolute atomic E-state index is 10.8. The lowest BCUT2D eigenvalue weighted by atomic mass is 9.93. The lowest BCUT2D eigenvalue weighted by molar-refractivity contribution is -0.360. The Bertz CT molecular complexity index is 972. The van der Waals surface area contributed by atoms with Crippen LogP contribution in [0.3, 0.4) is 0 Å². The third-order valence-corrected chi connectivity index (χ3v) is 5.66. The maximum atomic E-state index is 10.8. The van der Waals surface area contributed by atoms with Crippen LogP contribution in [-0.4, -0.2) is 56.1 Å². The average molecular weight is 479 g/mol. The normalized spacial score (nSPS) is 19.8. The highest BCUT2D eigenvalue weighted by molar-refractivity contribution is 7.99. The first-order chi connectivity index (χ1) is 14.9. The molecule has 3 atom stereocenters. The largest absolute Gasteiger partial charge is 0.542 e. The number of hydrogen-bond acceptors (Lipinski definition) is 9. The molecule has 32 heavy (non-hydrogen) atoms. The van der Waals surface area contributed by atoms with Crippen molar-refractivity contribution in [2.45, 2.75) is 23.6 Å². The number of ether oxygens (including phenoxy) is 1. The predicted octanol–water partition coefficient (Wildman–Crippen LogP) is 0.318. The van der Waals surface area contributed by atoms with Gasteiger partial charge in [0.25, 0.3) is 0 Å². The van der Waals surface area contributed by atoms with Gasteiger partial charge in [0.15, 0.2) is 17.6 Å². The van der Waals surface area contributed by atoms with Gasteiger partial charge in [0.2, 0.25) is 0 Å². The van der Waals surface area contributed by atoms with E-state index in [1.807, 2.05) is 0 Å². The van der Waals surface area contributed by atoms with Crippen molar-refractivity contribution >= 4 is 17.7 Å². The van der Waals surface area contributed by atoms with E-state index in [1.165, 1.54) is 36.0 Å². The van der Waals surface area contributed by atoms with E-state index < -0.39 is 29.6 Å². The Balaban J connectivity index is 0.000000451. The summed E-state index contributed by atoms with van der Waals surface area (Å²) < 4.78 is 37.4. The number of carboxylic acids is 1. The van der Waals surface area contributed by atoms with Crippen LogP contribution in [0.5, 0.6) is 28.7 Å². The van der Waals surface area contributed by atoms with E-state index in [2.05, 4.69) is 5.73 Å². The minimum Gasteiger partial charge on any atom is -0.542 e. The molecule has 0 radical (unpaired) electrons. The Kier molecular flexibility index (Phi) is 7.93. The third-order valence-electron chi connectivity index (χ3n) is 4.27. The first kappa shape index (κ1) is 25.2. The van der Waals surface area contributed by atoms with Crippen LogP contribution in [0.2, 0.25) is 0 Å². The number of aromatic hydroxyl groups is 4. The monoisotopic (exact) mass is 479 g/mol. The molecule has 8 N–H and O–H groups in total. The summed E-state index contributed by atoms with van der Waals surface area (Å²) in [6.07, 6.45) is -7.04. The summed E-state index contributed by atoms with van der Waals surface area (Å²) >= 11 is 1.43. The van der Waals surface area contributed by atoms with Gasteiger partial charge in [0.05, 0.1) is 17.4 Å². The molecule has 0 aromatic heterocycles. The summed E-state index contributed by atoms with van der Waals surface area (Å²) in [6.45, 7) is 0.646. The molecule has 0 fully saturated rings. The van der Waals surface area contributed by atoms with Crippen LogP contribution in [0.1, 0.15) is 22.5 Å². The van der Waals surface area contributed by atoms with Gasteiger partial charge in [0, 0.05) is 17.9 Å². The lowest BCUT2D eigenvalue weighted by Gasteiger charge is -2.37. The Morgan fingerprint density at radius 3 is 2.25 bits per heavy atom. The number of benzene rings is 2. The Morgan fingerprint density at radius 2 is 1.72 bits per heavy atom. The summed E-state index contributed by atoms with van der Waals surface area (Å²) in [5, 5.41) is 58.3. The molecule has 0 unspecified atom stereocenters. The summed E-state index contributed by atoms with van der Waals surface area (Å²) in [5.74, 6) is -2.97. The number of thioether (sulfide) groups is 1. The quantitative estimate of drug-likeness (QED) is 0.337. The van der Waals surface area contributed by atoms with Gasteiger partial charge in [-0.05, 0) is 17.7 Å². The minimum absolute atomic E-state index is 0.150. The molecule has 0 amide bonds. The Labute approximate surface area is 183 Å². The molecule has 1 aliphatic heterocycles. The molecule has 0 aliphatic carbocycles. The van der Waals surface area contributed by atoms with Crippen molar-refractivity contribution in [2.75, 3.05) is 12.3 Å². The van der Waals surface area contributed by atoms with Gasteiger partial charge in [-0.25, -0.2) is 0 Å². The van der Waals surface area contributed by atoms with Gasteiger partial charge < -0.3 is 45.9 Å². The molecule has 2 aromatic carbocycles. The van der Waals surface area contributed by atoms with E-state index in [-0.39, 0.29) is 28.7 Å². The number of carbonyl (C=O) groups excluding carboxylic acids is 1. The number of quaternary nitrogens is 1. The summed E-state index contributed by atoms with van der Waals surface area (Å²) in [7, 11) is 0. The van der Waals surface area contributed by atoms with Crippen molar-refractivity contribution in [3.63, 3.8) is 0 Å². The molecule has 3 rings (SSSR count). The predicted molar refractivity (Wildman–Crippen MR) is 103 cm³/mol. The first-order valence-electron chi connectivity index (χ1n) is 8.98. The second-order valence-electron chi connectivity index (χ2n) is 6.58. The Hall–Kier alpha value is -3.03. The van der Waals surface area contributed by atoms with E-state index in [0.29, 0.717) is 23.4 Å². The number of aliphatic carboxylic acids is 1. The Morgan fingerprint density at radius 1 is 1.09 bits per heavy atom. The molecule has 0 spiro atoms. The number of phenols is 4. The van der Waals surface area contributed by atoms with Crippen LogP contribution < -0.4 is 15.6 Å². The topological polar surface area (TPSA) is 178 Å². The summed E-state index contributed by atoms with van der Waals surface area (Å²) in [4.78, 5) is 8.78. The summed E-state index contributed by atoms with van der Waals surface area (Å²) in [6, 6.07) is 6.76. The molecule has 176 valence electrons. The molecule has 0 saturated heterocycles. The minimum atomic E-state index is -5.19. The zero-order valence-corrected chi connectivity index (χ0v) is 17.1. The lowest BCUT2D eigenvalue weighted by Crippen LogP contribution is -2.51. The van der Waals surface area contributed by atoms with E-state index in [1.54, 1.807) is 6.07 Å². The third kappa shape index (κ3) is 5.81. The van der Waals surface area contributed by atoms with Crippen LogP contribution >= 0.6 is 11.8 Å². The second kappa shape index (κ2) is 10.1. The van der Waals surface area contributed by atoms with Crippen molar-refractivity contribution in [1.82, 2.24) is 0 Å². The van der Waals surface area contributed by atoms with Crippen LogP contribution in [0.4, 0.5) is 13.2 Å². The zero-order valence-electron chi connectivity index (χ0n) is 16.2. The van der Waals surface area contributed by atoms with Gasteiger partial charge in [-0.3, -0.25) is 0 Å². The fraction of sp³-hybridized carbons (Fsp3) is 0.316. The number of alkyl halides is 3. The molecule has 9 nitrogen and oxygen atoms in total.